The average Bonchev–Trinajstić information content (AvgIpc) is 3.03. The fraction of sp³-hybridized carbons (Fsp3) is 0.0526. The molecule has 0 aliphatic carbocycles. The number of nitrogens with one attached hydrogen (secondary N) is 1. The summed E-state index contributed by atoms with van der Waals surface area (Å²) in [5.41, 5.74) is 3.79. The van der Waals surface area contributed by atoms with Crippen LogP contribution in [0.3, 0.4) is 0 Å². The van der Waals surface area contributed by atoms with E-state index in [-0.39, 0.29) is 22.8 Å². The van der Waals surface area contributed by atoms with Crippen molar-refractivity contribution in [2.45, 2.75) is 6.92 Å². The van der Waals surface area contributed by atoms with Crippen molar-refractivity contribution in [1.82, 2.24) is 5.43 Å². The zero-order valence-corrected chi connectivity index (χ0v) is 16.7. The Bertz CT molecular complexity index is 1100. The summed E-state index contributed by atoms with van der Waals surface area (Å²) in [7, 11) is 0. The maximum absolute atomic E-state index is 12.1. The van der Waals surface area contributed by atoms with E-state index in [1.807, 2.05) is 0 Å². The molecule has 0 saturated carbocycles. The molecule has 3 aromatic rings. The van der Waals surface area contributed by atoms with Gasteiger partial charge in [-0.25, -0.2) is 5.43 Å². The van der Waals surface area contributed by atoms with E-state index in [4.69, 9.17) is 23.2 Å². The lowest BCUT2D eigenvalue weighted by atomic mass is 10.1. The second-order valence-electron chi connectivity index (χ2n) is 5.80. The number of amides is 1. The minimum absolute atomic E-state index is 0.00590. The van der Waals surface area contributed by atoms with Crippen LogP contribution in [0.25, 0.3) is 10.4 Å². The minimum Gasteiger partial charge on any atom is -0.508 e. The third kappa shape index (κ3) is 4.06. The molecule has 0 radical (unpaired) electrons. The van der Waals surface area contributed by atoms with Crippen molar-refractivity contribution in [3.63, 3.8) is 0 Å². The first-order chi connectivity index (χ1) is 13.3. The van der Waals surface area contributed by atoms with Crippen LogP contribution in [0.4, 0.5) is 0 Å². The summed E-state index contributed by atoms with van der Waals surface area (Å²) < 4.78 is 0. The molecule has 3 rings (SSSR count). The highest BCUT2D eigenvalue weighted by molar-refractivity contribution is 7.14. The number of phenolic OH excluding ortho intramolecular Hbond substituents is 2. The highest BCUT2D eigenvalue weighted by atomic mass is 35.5. The number of carbonyl (C=O) groups is 1. The molecule has 0 aliphatic rings. The normalized spacial score (nSPS) is 11.5. The summed E-state index contributed by atoms with van der Waals surface area (Å²) in [6.07, 6.45) is 0. The molecule has 0 aliphatic heterocycles. The number of thiophene rings is 1. The van der Waals surface area contributed by atoms with Gasteiger partial charge in [0.25, 0.3) is 5.91 Å². The summed E-state index contributed by atoms with van der Waals surface area (Å²) in [6.45, 7) is 1.62. The maximum Gasteiger partial charge on any atom is 0.275 e. The monoisotopic (exact) mass is 436 g/mol. The second kappa shape index (κ2) is 8.10. The average molecular weight is 437 g/mol. The summed E-state index contributed by atoms with van der Waals surface area (Å²) in [5, 5.41) is 36.0. The van der Waals surface area contributed by atoms with Crippen LogP contribution in [0, 0.1) is 0 Å². The van der Waals surface area contributed by atoms with Crippen molar-refractivity contribution in [2.75, 3.05) is 0 Å². The van der Waals surface area contributed by atoms with Crippen LogP contribution in [-0.2, 0) is 0 Å². The second-order valence-corrected chi connectivity index (χ2v) is 7.49. The van der Waals surface area contributed by atoms with Gasteiger partial charge in [0.15, 0.2) is 0 Å². The van der Waals surface area contributed by atoms with Crippen molar-refractivity contribution in [3.8, 4) is 27.7 Å². The number of carbonyl (C=O) groups excluding carboxylic acids is 1. The molecular weight excluding hydrogens is 423 g/mol. The Hall–Kier alpha value is -2.74. The van der Waals surface area contributed by atoms with E-state index in [0.717, 1.165) is 6.07 Å². The Morgan fingerprint density at radius 1 is 1.04 bits per heavy atom. The van der Waals surface area contributed by atoms with Crippen LogP contribution < -0.4 is 5.43 Å². The van der Waals surface area contributed by atoms with Gasteiger partial charge in [-0.1, -0.05) is 29.3 Å². The standard InChI is InChI=1S/C19H14Cl2N2O4S/c1-9(22-23-19(27)12-4-3-11(24)7-16(12)25)13-8-28-18(17(13)26)10-2-5-14(20)15(21)6-10/h2-8,24-26H,1H3,(H,23,27). The number of phenols is 2. The van der Waals surface area contributed by atoms with Crippen LogP contribution in [-0.4, -0.2) is 26.9 Å². The van der Waals surface area contributed by atoms with Gasteiger partial charge in [-0.3, -0.25) is 4.79 Å². The third-order valence-corrected chi connectivity index (χ3v) is 5.64. The summed E-state index contributed by atoms with van der Waals surface area (Å²) >= 11 is 13.3. The minimum atomic E-state index is -0.656. The van der Waals surface area contributed by atoms with Gasteiger partial charge >= 0.3 is 0 Å². The highest BCUT2D eigenvalue weighted by Gasteiger charge is 2.16. The molecule has 6 nitrogen and oxygen atoms in total. The van der Waals surface area contributed by atoms with E-state index >= 15 is 0 Å². The Balaban J connectivity index is 1.82. The summed E-state index contributed by atoms with van der Waals surface area (Å²) in [4.78, 5) is 12.7. The molecule has 4 N–H and O–H groups in total. The van der Waals surface area contributed by atoms with E-state index < -0.39 is 5.91 Å². The molecule has 0 atom stereocenters. The molecule has 1 heterocycles. The van der Waals surface area contributed by atoms with Crippen molar-refractivity contribution in [2.24, 2.45) is 5.10 Å². The molecule has 0 saturated heterocycles. The third-order valence-electron chi connectivity index (χ3n) is 3.89. The molecule has 2 aromatic carbocycles. The van der Waals surface area contributed by atoms with E-state index in [9.17, 15) is 20.1 Å². The molecule has 0 fully saturated rings. The lowest BCUT2D eigenvalue weighted by Gasteiger charge is -2.05. The summed E-state index contributed by atoms with van der Waals surface area (Å²) in [6, 6.07) is 8.64. The smallest absolute Gasteiger partial charge is 0.275 e. The first kappa shape index (κ1) is 20.0. The fourth-order valence-corrected chi connectivity index (χ4v) is 3.72. The van der Waals surface area contributed by atoms with Gasteiger partial charge in [-0.2, -0.15) is 5.10 Å². The van der Waals surface area contributed by atoms with Crippen LogP contribution in [0.2, 0.25) is 10.0 Å². The molecule has 0 spiro atoms. The lowest BCUT2D eigenvalue weighted by molar-refractivity contribution is 0.0952. The first-order valence-electron chi connectivity index (χ1n) is 7.90. The molecule has 28 heavy (non-hydrogen) atoms. The van der Waals surface area contributed by atoms with Crippen LogP contribution in [0.5, 0.6) is 17.2 Å². The van der Waals surface area contributed by atoms with Crippen molar-refractivity contribution in [3.05, 3.63) is 63.0 Å². The predicted octanol–water partition coefficient (Wildman–Crippen LogP) is 4.99. The maximum atomic E-state index is 12.1. The number of rotatable bonds is 4. The number of nitrogens with zero attached hydrogens (tertiary/aromatic N) is 1. The van der Waals surface area contributed by atoms with Crippen molar-refractivity contribution >= 4 is 46.2 Å². The van der Waals surface area contributed by atoms with Gasteiger partial charge in [0, 0.05) is 11.4 Å². The molecule has 1 amide bonds. The van der Waals surface area contributed by atoms with E-state index in [1.165, 1.54) is 23.5 Å². The van der Waals surface area contributed by atoms with Crippen LogP contribution in [0.1, 0.15) is 22.8 Å². The Morgan fingerprint density at radius 3 is 2.46 bits per heavy atom. The molecular formula is C19H14Cl2N2O4S. The van der Waals surface area contributed by atoms with Gasteiger partial charge in [0.1, 0.15) is 17.2 Å². The fourth-order valence-electron chi connectivity index (χ4n) is 2.42. The predicted molar refractivity (Wildman–Crippen MR) is 111 cm³/mol. The molecule has 9 heteroatoms. The van der Waals surface area contributed by atoms with Gasteiger partial charge < -0.3 is 15.3 Å². The summed E-state index contributed by atoms with van der Waals surface area (Å²) in [5.74, 6) is -1.18. The molecule has 0 unspecified atom stereocenters. The lowest BCUT2D eigenvalue weighted by Crippen LogP contribution is -2.19. The molecule has 144 valence electrons. The topological polar surface area (TPSA) is 102 Å². The SMILES string of the molecule is CC(=NNC(=O)c1ccc(O)cc1O)c1csc(-c2ccc(Cl)c(Cl)c2)c1O. The number of hydrogen-bond donors (Lipinski definition) is 4. The van der Waals surface area contributed by atoms with Crippen molar-refractivity contribution < 1.29 is 20.1 Å². The van der Waals surface area contributed by atoms with Crippen LogP contribution >= 0.6 is 34.5 Å². The molecule has 1 aromatic heterocycles. The van der Waals surface area contributed by atoms with E-state index in [2.05, 4.69) is 10.5 Å². The van der Waals surface area contributed by atoms with E-state index in [0.29, 0.717) is 31.8 Å². The van der Waals surface area contributed by atoms with Gasteiger partial charge in [0.05, 0.1) is 31.8 Å². The number of benzene rings is 2. The largest absolute Gasteiger partial charge is 0.508 e. The quantitative estimate of drug-likeness (QED) is 0.341. The van der Waals surface area contributed by atoms with Crippen molar-refractivity contribution in [1.29, 1.82) is 0 Å². The zero-order valence-electron chi connectivity index (χ0n) is 14.4. The first-order valence-corrected chi connectivity index (χ1v) is 9.54. The number of halogens is 2. The van der Waals surface area contributed by atoms with Crippen LogP contribution in [0.15, 0.2) is 46.9 Å². The highest BCUT2D eigenvalue weighted by Crippen LogP contribution is 2.40. The Kier molecular flexibility index (Phi) is 5.79. The Morgan fingerprint density at radius 2 is 1.79 bits per heavy atom. The van der Waals surface area contributed by atoms with Gasteiger partial charge in [0.2, 0.25) is 0 Å². The number of aromatic hydroxyl groups is 3. The number of hydrogen-bond acceptors (Lipinski definition) is 6. The van der Waals surface area contributed by atoms with E-state index in [1.54, 1.807) is 30.5 Å². The van der Waals surface area contributed by atoms with Gasteiger partial charge in [-0.15, -0.1) is 11.3 Å². The zero-order chi connectivity index (χ0) is 20.4. The van der Waals surface area contributed by atoms with Gasteiger partial charge in [-0.05, 0) is 36.8 Å². The Labute approximate surface area is 174 Å². The molecule has 0 bridgehead atoms. The number of hydrazone groups is 1.